The molecule has 6 nitrogen and oxygen atoms in total. The second-order valence-electron chi connectivity index (χ2n) is 7.56. The third-order valence-corrected chi connectivity index (χ3v) is 7.50. The molecule has 0 bridgehead atoms. The lowest BCUT2D eigenvalue weighted by Crippen LogP contribution is -2.48. The van der Waals surface area contributed by atoms with Crippen LogP contribution in [0.5, 0.6) is 0 Å². The number of likely N-dealkylation sites (N-methyl/N-ethyl adjacent to an activating group) is 1. The molecule has 3 rings (SSSR count). The zero-order valence-electron chi connectivity index (χ0n) is 15.7. The molecule has 1 amide bonds. The predicted octanol–water partition coefficient (Wildman–Crippen LogP) is 2.66. The summed E-state index contributed by atoms with van der Waals surface area (Å²) in [4.78, 5) is 19.0. The smallest absolute Gasteiger partial charge is 0.244 e. The molecule has 2 saturated carbocycles. The Hall–Kier alpha value is -1.47. The van der Waals surface area contributed by atoms with Crippen LogP contribution < -0.4 is 0 Å². The van der Waals surface area contributed by atoms with E-state index in [9.17, 15) is 13.2 Å². The van der Waals surface area contributed by atoms with Crippen LogP contribution in [0.3, 0.4) is 0 Å². The van der Waals surface area contributed by atoms with Crippen molar-refractivity contribution in [3.63, 3.8) is 0 Å². The topological polar surface area (TPSA) is 70.6 Å². The summed E-state index contributed by atoms with van der Waals surface area (Å²) in [7, 11) is -2.22. The van der Waals surface area contributed by atoms with E-state index in [4.69, 9.17) is 0 Å². The first kappa shape index (κ1) is 19.3. The maximum Gasteiger partial charge on any atom is 0.244 e. The highest BCUT2D eigenvalue weighted by Crippen LogP contribution is 2.36. The molecule has 0 unspecified atom stereocenters. The lowest BCUT2D eigenvalue weighted by atomic mass is 9.84. The molecule has 26 heavy (non-hydrogen) atoms. The van der Waals surface area contributed by atoms with Crippen molar-refractivity contribution >= 4 is 15.9 Å². The minimum atomic E-state index is -3.69. The van der Waals surface area contributed by atoms with Crippen LogP contribution in [0.1, 0.15) is 51.9 Å². The predicted molar refractivity (Wildman–Crippen MR) is 100.0 cm³/mol. The largest absolute Gasteiger partial charge is 0.336 e. The summed E-state index contributed by atoms with van der Waals surface area (Å²) in [5.41, 5.74) is 0. The van der Waals surface area contributed by atoms with E-state index in [1.165, 1.54) is 44.8 Å². The highest BCUT2D eigenvalue weighted by atomic mass is 32.2. The van der Waals surface area contributed by atoms with Crippen LogP contribution in [0, 0.1) is 5.92 Å². The Morgan fingerprint density at radius 3 is 2.27 bits per heavy atom. The normalized spacial score (nSPS) is 23.8. The van der Waals surface area contributed by atoms with Crippen molar-refractivity contribution in [2.45, 2.75) is 68.8 Å². The van der Waals surface area contributed by atoms with Gasteiger partial charge in [0.05, 0.1) is 6.54 Å². The van der Waals surface area contributed by atoms with Crippen LogP contribution in [-0.4, -0.2) is 54.2 Å². The van der Waals surface area contributed by atoms with Crippen LogP contribution in [0.4, 0.5) is 0 Å². The molecule has 1 aromatic heterocycles. The quantitative estimate of drug-likeness (QED) is 0.730. The maximum atomic E-state index is 13.0. The van der Waals surface area contributed by atoms with Crippen molar-refractivity contribution in [1.29, 1.82) is 0 Å². The summed E-state index contributed by atoms with van der Waals surface area (Å²) >= 11 is 0. The van der Waals surface area contributed by atoms with Crippen molar-refractivity contribution in [3.05, 3.63) is 24.5 Å². The number of carbonyl (C=O) groups is 1. The van der Waals surface area contributed by atoms with E-state index < -0.39 is 10.0 Å². The van der Waals surface area contributed by atoms with E-state index in [2.05, 4.69) is 11.9 Å². The fourth-order valence-corrected chi connectivity index (χ4v) is 5.01. The summed E-state index contributed by atoms with van der Waals surface area (Å²) in [6.07, 6.45) is 10.6. The molecule has 0 spiro atoms. The van der Waals surface area contributed by atoms with E-state index in [0.717, 1.165) is 35.9 Å². The number of carbonyl (C=O) groups excluding carboxylic acids is 1. The summed E-state index contributed by atoms with van der Waals surface area (Å²) in [6.45, 7) is 2.12. The van der Waals surface area contributed by atoms with Gasteiger partial charge in [0.2, 0.25) is 15.9 Å². The first-order chi connectivity index (χ1) is 12.4. The van der Waals surface area contributed by atoms with Crippen LogP contribution in [0.2, 0.25) is 0 Å². The van der Waals surface area contributed by atoms with Crippen LogP contribution >= 0.6 is 0 Å². The van der Waals surface area contributed by atoms with Gasteiger partial charge in [-0.3, -0.25) is 9.78 Å². The molecular weight excluding hydrogens is 350 g/mol. The van der Waals surface area contributed by atoms with Gasteiger partial charge in [-0.25, -0.2) is 8.42 Å². The van der Waals surface area contributed by atoms with Gasteiger partial charge in [0.25, 0.3) is 0 Å². The molecule has 1 aromatic rings. The monoisotopic (exact) mass is 379 g/mol. The fraction of sp³-hybridized carbons (Fsp3) is 0.684. The number of nitrogens with zero attached hydrogens (tertiary/aromatic N) is 3. The maximum absolute atomic E-state index is 13.0. The Labute approximate surface area is 156 Å². The second kappa shape index (κ2) is 8.05. The number of sulfonamides is 1. The van der Waals surface area contributed by atoms with Gasteiger partial charge in [0, 0.05) is 31.5 Å². The molecule has 7 heteroatoms. The highest BCUT2D eigenvalue weighted by Gasteiger charge is 2.39. The molecule has 0 radical (unpaired) electrons. The van der Waals surface area contributed by atoms with Gasteiger partial charge in [0.1, 0.15) is 4.90 Å². The average molecular weight is 380 g/mol. The van der Waals surface area contributed by atoms with E-state index in [1.807, 2.05) is 4.90 Å². The van der Waals surface area contributed by atoms with Crippen molar-refractivity contribution < 1.29 is 13.2 Å². The number of pyridine rings is 1. The Bertz CT molecular complexity index is 711. The third-order valence-electron chi connectivity index (χ3n) is 5.72. The zero-order chi connectivity index (χ0) is 18.7. The van der Waals surface area contributed by atoms with Gasteiger partial charge >= 0.3 is 0 Å². The zero-order valence-corrected chi connectivity index (χ0v) is 16.5. The van der Waals surface area contributed by atoms with Crippen LogP contribution in [0.25, 0.3) is 0 Å². The lowest BCUT2D eigenvalue weighted by Gasteiger charge is -2.37. The summed E-state index contributed by atoms with van der Waals surface area (Å²) in [5, 5.41) is 0. The van der Waals surface area contributed by atoms with Gasteiger partial charge in [-0.15, -0.1) is 0 Å². The van der Waals surface area contributed by atoms with Crippen molar-refractivity contribution in [3.8, 4) is 0 Å². The Morgan fingerprint density at radius 2 is 1.77 bits per heavy atom. The Morgan fingerprint density at radius 1 is 1.15 bits per heavy atom. The molecular formula is C19H29N3O3S. The Balaban J connectivity index is 1.67. The van der Waals surface area contributed by atoms with Crippen LogP contribution in [0.15, 0.2) is 29.4 Å². The van der Waals surface area contributed by atoms with Gasteiger partial charge in [-0.05, 0) is 56.6 Å². The molecule has 0 saturated heterocycles. The fourth-order valence-electron chi connectivity index (χ4n) is 3.93. The van der Waals surface area contributed by atoms with E-state index in [1.54, 1.807) is 6.07 Å². The minimum absolute atomic E-state index is 0.0672. The van der Waals surface area contributed by atoms with Crippen molar-refractivity contribution in [2.75, 3.05) is 13.6 Å². The molecule has 2 aliphatic carbocycles. The number of hydrogen-bond acceptors (Lipinski definition) is 4. The van der Waals surface area contributed by atoms with E-state index in [0.29, 0.717) is 6.04 Å². The molecule has 0 atom stereocenters. The SMILES string of the molecule is CCC1CCC(N(C(=O)CN(C)S(=O)(=O)c2cccnc2)C2CC2)CC1. The van der Waals surface area contributed by atoms with Crippen LogP contribution in [-0.2, 0) is 14.8 Å². The molecule has 2 fully saturated rings. The average Bonchev–Trinajstić information content (AvgIpc) is 3.48. The van der Waals surface area contributed by atoms with Gasteiger partial charge in [-0.2, -0.15) is 4.31 Å². The molecule has 0 N–H and O–H groups in total. The molecule has 144 valence electrons. The minimum Gasteiger partial charge on any atom is -0.336 e. The molecule has 0 aromatic carbocycles. The highest BCUT2D eigenvalue weighted by molar-refractivity contribution is 7.89. The second-order valence-corrected chi connectivity index (χ2v) is 9.61. The van der Waals surface area contributed by atoms with Crippen molar-refractivity contribution in [1.82, 2.24) is 14.2 Å². The first-order valence-corrected chi connectivity index (χ1v) is 11.0. The van der Waals surface area contributed by atoms with Gasteiger partial charge < -0.3 is 4.90 Å². The molecule has 2 aliphatic rings. The van der Waals surface area contributed by atoms with Crippen molar-refractivity contribution in [2.24, 2.45) is 5.92 Å². The summed E-state index contributed by atoms with van der Waals surface area (Å²) in [6, 6.07) is 3.67. The number of hydrogen-bond donors (Lipinski definition) is 0. The molecule has 1 heterocycles. The lowest BCUT2D eigenvalue weighted by molar-refractivity contribution is -0.135. The van der Waals surface area contributed by atoms with E-state index >= 15 is 0 Å². The van der Waals surface area contributed by atoms with Gasteiger partial charge in [-0.1, -0.05) is 13.3 Å². The first-order valence-electron chi connectivity index (χ1n) is 9.61. The Kier molecular flexibility index (Phi) is 5.97. The van der Waals surface area contributed by atoms with Gasteiger partial charge in [0.15, 0.2) is 0 Å². The third kappa shape index (κ3) is 4.26. The molecule has 0 aliphatic heterocycles. The number of aromatic nitrogens is 1. The van der Waals surface area contributed by atoms with E-state index in [-0.39, 0.29) is 23.4 Å². The number of amides is 1. The summed E-state index contributed by atoms with van der Waals surface area (Å²) < 4.78 is 26.5. The standard InChI is InChI=1S/C19H29N3O3S/c1-3-15-6-8-16(9-7-15)22(17-10-11-17)19(23)14-21(2)26(24,25)18-5-4-12-20-13-18/h4-5,12-13,15-17H,3,6-11,14H2,1-2H3. The number of rotatable bonds is 7. The summed E-state index contributed by atoms with van der Waals surface area (Å²) in [5.74, 6) is 0.707.